The summed E-state index contributed by atoms with van der Waals surface area (Å²) >= 11 is 1.28. The monoisotopic (exact) mass is 399 g/mol. The van der Waals surface area contributed by atoms with Crippen LogP contribution in [-0.2, 0) is 9.53 Å². The zero-order chi connectivity index (χ0) is 20.1. The van der Waals surface area contributed by atoms with Gasteiger partial charge in [-0.05, 0) is 31.0 Å². The molecule has 0 atom stereocenters. The molecule has 1 aromatic carbocycles. The average Bonchev–Trinajstić information content (AvgIpc) is 3.12. The Morgan fingerprint density at radius 1 is 1.29 bits per heavy atom. The first kappa shape index (κ1) is 19.8. The smallest absolute Gasteiger partial charge is 0.341 e. The van der Waals surface area contributed by atoms with E-state index in [4.69, 9.17) is 9.47 Å². The summed E-state index contributed by atoms with van der Waals surface area (Å²) < 4.78 is 10.4. The first-order valence-corrected chi connectivity index (χ1v) is 9.85. The Morgan fingerprint density at radius 2 is 2.04 bits per heavy atom. The molecule has 6 nitrogen and oxygen atoms in total. The van der Waals surface area contributed by atoms with Crippen molar-refractivity contribution in [2.75, 3.05) is 13.7 Å². The molecule has 146 valence electrons. The molecule has 28 heavy (non-hydrogen) atoms. The fourth-order valence-corrected chi connectivity index (χ4v) is 3.85. The van der Waals surface area contributed by atoms with Crippen LogP contribution < -0.4 is 4.74 Å². The molecule has 0 amide bonds. The lowest BCUT2D eigenvalue weighted by Gasteiger charge is -2.11. The molecule has 2 aromatic rings. The van der Waals surface area contributed by atoms with Crippen LogP contribution in [0.5, 0.6) is 5.75 Å². The van der Waals surface area contributed by atoms with Gasteiger partial charge in [0.25, 0.3) is 0 Å². The maximum Gasteiger partial charge on any atom is 0.341 e. The number of thiophene rings is 1. The van der Waals surface area contributed by atoms with Crippen LogP contribution in [0.2, 0.25) is 0 Å². The van der Waals surface area contributed by atoms with Gasteiger partial charge in [-0.3, -0.25) is 4.79 Å². The van der Waals surface area contributed by atoms with E-state index in [0.29, 0.717) is 41.1 Å². The number of carbonyl (C=O) groups is 2. The second-order valence-corrected chi connectivity index (χ2v) is 7.03. The van der Waals surface area contributed by atoms with E-state index >= 15 is 0 Å². The molecule has 0 radical (unpaired) electrons. The second kappa shape index (κ2) is 8.84. The molecule has 0 unspecified atom stereocenters. The molecule has 7 heteroatoms. The molecule has 3 rings (SSSR count). The molecular weight excluding hydrogens is 378 g/mol. The van der Waals surface area contributed by atoms with Gasteiger partial charge in [-0.25, -0.2) is 9.79 Å². The summed E-state index contributed by atoms with van der Waals surface area (Å²) in [6.07, 6.45) is 2.83. The topological polar surface area (TPSA) is 85.2 Å². The summed E-state index contributed by atoms with van der Waals surface area (Å²) in [7, 11) is 1.59. The minimum Gasteiger partial charge on any atom is -0.512 e. The van der Waals surface area contributed by atoms with Crippen LogP contribution in [0, 0.1) is 0 Å². The lowest BCUT2D eigenvalue weighted by Crippen LogP contribution is -2.12. The van der Waals surface area contributed by atoms with Crippen LogP contribution in [-0.4, -0.2) is 36.8 Å². The van der Waals surface area contributed by atoms with Crippen LogP contribution in [0.15, 0.2) is 46.0 Å². The molecular formula is C21H21NO5S. The molecule has 0 spiro atoms. The number of allylic oxidation sites excluding steroid dienone is 2. The van der Waals surface area contributed by atoms with E-state index in [9.17, 15) is 14.7 Å². The number of aliphatic imine (C=N–C) groups is 1. The third-order valence-corrected chi connectivity index (χ3v) is 5.28. The predicted molar refractivity (Wildman–Crippen MR) is 109 cm³/mol. The fourth-order valence-electron chi connectivity index (χ4n) is 2.94. The van der Waals surface area contributed by atoms with Crippen molar-refractivity contribution in [3.8, 4) is 16.9 Å². The zero-order valence-electron chi connectivity index (χ0n) is 15.7. The summed E-state index contributed by atoms with van der Waals surface area (Å²) in [6, 6.07) is 7.34. The van der Waals surface area contributed by atoms with Crippen molar-refractivity contribution in [2.45, 2.75) is 26.2 Å². The minimum absolute atomic E-state index is 0.0459. The summed E-state index contributed by atoms with van der Waals surface area (Å²) in [5, 5.41) is 12.2. The largest absolute Gasteiger partial charge is 0.512 e. The van der Waals surface area contributed by atoms with E-state index in [0.717, 1.165) is 5.56 Å². The minimum atomic E-state index is -0.477. The van der Waals surface area contributed by atoms with Gasteiger partial charge in [0.15, 0.2) is 5.78 Å². The van der Waals surface area contributed by atoms with E-state index in [2.05, 4.69) is 4.99 Å². The number of carbonyl (C=O) groups excluding carboxylic acids is 2. The number of benzene rings is 1. The lowest BCUT2D eigenvalue weighted by molar-refractivity contribution is -0.115. The standard InChI is InChI=1S/C21H21NO5S/c1-3-27-21(25)19-16(13-7-9-14(26-2)10-8-13)12-28-20(19)22-11-15-17(23)5-4-6-18(15)24/h7-12,23H,3-6H2,1-2H3. The van der Waals surface area contributed by atoms with Crippen molar-refractivity contribution in [3.05, 3.63) is 46.5 Å². The Hall–Kier alpha value is -2.93. The van der Waals surface area contributed by atoms with E-state index in [-0.39, 0.29) is 23.7 Å². The van der Waals surface area contributed by atoms with E-state index in [1.54, 1.807) is 14.0 Å². The Morgan fingerprint density at radius 3 is 2.68 bits per heavy atom. The maximum absolute atomic E-state index is 12.6. The third kappa shape index (κ3) is 4.14. The average molecular weight is 399 g/mol. The molecule has 0 fully saturated rings. The highest BCUT2D eigenvalue weighted by Gasteiger charge is 2.23. The number of aliphatic hydroxyl groups excluding tert-OH is 1. The zero-order valence-corrected chi connectivity index (χ0v) is 16.5. The number of hydrogen-bond donors (Lipinski definition) is 1. The van der Waals surface area contributed by atoms with Crippen molar-refractivity contribution in [3.63, 3.8) is 0 Å². The van der Waals surface area contributed by atoms with Gasteiger partial charge in [-0.2, -0.15) is 0 Å². The van der Waals surface area contributed by atoms with Crippen LogP contribution in [0.1, 0.15) is 36.5 Å². The van der Waals surface area contributed by atoms with E-state index < -0.39 is 5.97 Å². The molecule has 1 aliphatic rings. The highest BCUT2D eigenvalue weighted by Crippen LogP contribution is 2.38. The first-order valence-electron chi connectivity index (χ1n) is 8.97. The lowest BCUT2D eigenvalue weighted by atomic mass is 9.97. The Balaban J connectivity index is 2.01. The molecule has 1 N–H and O–H groups in total. The van der Waals surface area contributed by atoms with Gasteiger partial charge in [0.1, 0.15) is 22.1 Å². The number of ether oxygens (including phenoxy) is 2. The Bertz CT molecular complexity index is 940. The number of hydrogen-bond acceptors (Lipinski definition) is 7. The number of nitrogens with zero attached hydrogens (tertiary/aromatic N) is 1. The van der Waals surface area contributed by atoms with Gasteiger partial charge in [0, 0.05) is 30.0 Å². The summed E-state index contributed by atoms with van der Waals surface area (Å²) in [5.41, 5.74) is 2.08. The molecule has 1 heterocycles. The maximum atomic E-state index is 12.6. The van der Waals surface area contributed by atoms with E-state index in [1.807, 2.05) is 29.6 Å². The van der Waals surface area contributed by atoms with Crippen LogP contribution >= 0.6 is 11.3 Å². The molecule has 0 bridgehead atoms. The van der Waals surface area contributed by atoms with E-state index in [1.165, 1.54) is 17.6 Å². The summed E-state index contributed by atoms with van der Waals surface area (Å²) in [6.45, 7) is 1.98. The van der Waals surface area contributed by atoms with Gasteiger partial charge < -0.3 is 14.6 Å². The number of Topliss-reactive ketones (excluding diaryl/α,β-unsaturated/α-hetero) is 1. The second-order valence-electron chi connectivity index (χ2n) is 6.17. The number of ketones is 1. The van der Waals surface area contributed by atoms with Gasteiger partial charge in [0.05, 0.1) is 19.3 Å². The van der Waals surface area contributed by atoms with Crippen molar-refractivity contribution in [1.82, 2.24) is 0 Å². The van der Waals surface area contributed by atoms with Gasteiger partial charge in [-0.15, -0.1) is 11.3 Å². The molecule has 0 aliphatic heterocycles. The number of esters is 1. The highest BCUT2D eigenvalue weighted by atomic mass is 32.1. The number of methoxy groups -OCH3 is 1. The van der Waals surface area contributed by atoms with Crippen molar-refractivity contribution >= 4 is 34.3 Å². The van der Waals surface area contributed by atoms with Gasteiger partial charge in [-0.1, -0.05) is 12.1 Å². The van der Waals surface area contributed by atoms with Crippen molar-refractivity contribution < 1.29 is 24.2 Å². The van der Waals surface area contributed by atoms with Gasteiger partial charge in [0.2, 0.25) is 0 Å². The first-order chi connectivity index (χ1) is 13.5. The summed E-state index contributed by atoms with van der Waals surface area (Å²) in [5.74, 6) is 0.143. The molecule has 0 saturated heterocycles. The van der Waals surface area contributed by atoms with Crippen molar-refractivity contribution in [1.29, 1.82) is 0 Å². The van der Waals surface area contributed by atoms with Gasteiger partial charge >= 0.3 is 5.97 Å². The SMILES string of the molecule is CCOC(=O)c1c(-c2ccc(OC)cc2)csc1N=CC1=C(O)CCCC1=O. The quantitative estimate of drug-likeness (QED) is 0.553. The number of rotatable bonds is 6. The third-order valence-electron chi connectivity index (χ3n) is 4.39. The Kier molecular flexibility index (Phi) is 6.26. The van der Waals surface area contributed by atoms with Crippen molar-refractivity contribution in [2.24, 2.45) is 4.99 Å². The summed E-state index contributed by atoms with van der Waals surface area (Å²) in [4.78, 5) is 28.9. The number of aliphatic hydroxyl groups is 1. The van der Waals surface area contributed by atoms with Crippen LogP contribution in [0.4, 0.5) is 5.00 Å². The van der Waals surface area contributed by atoms with Crippen LogP contribution in [0.25, 0.3) is 11.1 Å². The molecule has 1 aromatic heterocycles. The molecule has 1 aliphatic carbocycles. The normalized spacial score (nSPS) is 14.6. The highest BCUT2D eigenvalue weighted by molar-refractivity contribution is 7.14. The fraction of sp³-hybridized carbons (Fsp3) is 0.286. The molecule has 0 saturated carbocycles. The Labute approximate surface area is 167 Å². The predicted octanol–water partition coefficient (Wildman–Crippen LogP) is 4.87. The van der Waals surface area contributed by atoms with Crippen LogP contribution in [0.3, 0.4) is 0 Å².